The number of aryl methyl sites for hydroxylation is 3. The fourth-order valence-electron chi connectivity index (χ4n) is 3.70. The van der Waals surface area contributed by atoms with Gasteiger partial charge in [0.05, 0.1) is 18.2 Å². The molecule has 0 bridgehead atoms. The topological polar surface area (TPSA) is 84.1 Å². The Hall–Kier alpha value is -2.67. The number of carbonyl (C=O) groups is 1. The Bertz CT molecular complexity index is 1070. The number of nitrogens with one attached hydrogen (secondary N) is 2. The minimum Gasteiger partial charge on any atom is -0.495 e. The Labute approximate surface area is 167 Å². The van der Waals surface area contributed by atoms with Crippen LogP contribution in [0, 0.1) is 0 Å². The smallest absolute Gasteiger partial charge is 0.259 e. The molecular formula is C21H23N3O3S. The number of hydrogen-bond acceptors (Lipinski definition) is 5. The highest BCUT2D eigenvalue weighted by atomic mass is 32.1. The third-order valence-electron chi connectivity index (χ3n) is 5.09. The van der Waals surface area contributed by atoms with Gasteiger partial charge >= 0.3 is 0 Å². The number of benzene rings is 1. The maximum atomic E-state index is 12.7. The molecule has 1 aromatic carbocycles. The highest BCUT2D eigenvalue weighted by Gasteiger charge is 2.19. The molecule has 0 spiro atoms. The summed E-state index contributed by atoms with van der Waals surface area (Å²) in [4.78, 5) is 34.6. The molecule has 1 amide bonds. The Morgan fingerprint density at radius 2 is 2.07 bits per heavy atom. The van der Waals surface area contributed by atoms with E-state index < -0.39 is 0 Å². The zero-order valence-corrected chi connectivity index (χ0v) is 16.7. The first-order chi connectivity index (χ1) is 13.7. The molecule has 3 aromatic rings. The van der Waals surface area contributed by atoms with Crippen molar-refractivity contribution < 1.29 is 9.53 Å². The van der Waals surface area contributed by atoms with Gasteiger partial charge in [-0.25, -0.2) is 4.98 Å². The van der Waals surface area contributed by atoms with Gasteiger partial charge in [-0.3, -0.25) is 9.59 Å². The van der Waals surface area contributed by atoms with E-state index in [0.29, 0.717) is 23.7 Å². The highest BCUT2D eigenvalue weighted by Crippen LogP contribution is 2.32. The molecule has 2 aromatic heterocycles. The van der Waals surface area contributed by atoms with Crippen LogP contribution >= 0.6 is 11.3 Å². The van der Waals surface area contributed by atoms with Crippen LogP contribution in [-0.4, -0.2) is 23.0 Å². The number of para-hydroxylation sites is 2. The van der Waals surface area contributed by atoms with Crippen molar-refractivity contribution in [2.45, 2.75) is 44.9 Å². The molecule has 1 aliphatic rings. The summed E-state index contributed by atoms with van der Waals surface area (Å²) in [6.07, 6.45) is 6.13. The number of hydrogen-bond donors (Lipinski definition) is 2. The van der Waals surface area contributed by atoms with Gasteiger partial charge in [0.25, 0.3) is 5.56 Å². The molecule has 28 heavy (non-hydrogen) atoms. The molecule has 1 aliphatic carbocycles. The molecule has 0 radical (unpaired) electrons. The van der Waals surface area contributed by atoms with Crippen LogP contribution in [0.15, 0.2) is 29.1 Å². The largest absolute Gasteiger partial charge is 0.495 e. The number of aromatic amines is 1. The van der Waals surface area contributed by atoms with Gasteiger partial charge in [-0.05, 0) is 43.4 Å². The number of methoxy groups -OCH3 is 1. The molecule has 0 fully saturated rings. The molecule has 6 nitrogen and oxygen atoms in total. The van der Waals surface area contributed by atoms with Crippen molar-refractivity contribution in [3.8, 4) is 5.75 Å². The summed E-state index contributed by atoms with van der Waals surface area (Å²) in [5.41, 5.74) is 1.74. The van der Waals surface area contributed by atoms with Crippen LogP contribution in [0.3, 0.4) is 0 Å². The maximum absolute atomic E-state index is 12.7. The minimum absolute atomic E-state index is 0.0791. The summed E-state index contributed by atoms with van der Waals surface area (Å²) in [5.74, 6) is 1.03. The lowest BCUT2D eigenvalue weighted by molar-refractivity contribution is -0.116. The van der Waals surface area contributed by atoms with E-state index in [1.54, 1.807) is 30.6 Å². The average molecular weight is 398 g/mol. The molecule has 2 heterocycles. The zero-order chi connectivity index (χ0) is 19.5. The minimum atomic E-state index is -0.144. The molecule has 2 N–H and O–H groups in total. The van der Waals surface area contributed by atoms with Crippen molar-refractivity contribution in [2.24, 2.45) is 0 Å². The van der Waals surface area contributed by atoms with E-state index >= 15 is 0 Å². The van der Waals surface area contributed by atoms with Gasteiger partial charge in [0.15, 0.2) is 0 Å². The fraction of sp³-hybridized carbons (Fsp3) is 0.381. The van der Waals surface area contributed by atoms with E-state index in [2.05, 4.69) is 15.3 Å². The van der Waals surface area contributed by atoms with E-state index in [1.165, 1.54) is 23.3 Å². The highest BCUT2D eigenvalue weighted by molar-refractivity contribution is 7.18. The summed E-state index contributed by atoms with van der Waals surface area (Å²) in [6.45, 7) is 0. The first-order valence-corrected chi connectivity index (χ1v) is 10.4. The van der Waals surface area contributed by atoms with E-state index in [1.807, 2.05) is 12.1 Å². The quantitative estimate of drug-likeness (QED) is 0.641. The van der Waals surface area contributed by atoms with Crippen molar-refractivity contribution in [3.63, 3.8) is 0 Å². The number of anilines is 1. The van der Waals surface area contributed by atoms with Crippen LogP contribution in [0.25, 0.3) is 10.2 Å². The van der Waals surface area contributed by atoms with Gasteiger partial charge in [0.2, 0.25) is 5.91 Å². The normalized spacial score (nSPS) is 13.8. The lowest BCUT2D eigenvalue weighted by atomic mass is 10.1. The Morgan fingerprint density at radius 3 is 2.93 bits per heavy atom. The number of ether oxygens (including phenoxy) is 1. The first kappa shape index (κ1) is 18.7. The van der Waals surface area contributed by atoms with Gasteiger partial charge in [-0.2, -0.15) is 0 Å². The number of fused-ring (bicyclic) bond motifs is 3. The summed E-state index contributed by atoms with van der Waals surface area (Å²) < 4.78 is 5.25. The first-order valence-electron chi connectivity index (χ1n) is 9.62. The standard InChI is InChI=1S/C21H23N3O3S/c1-27-15-9-6-5-8-14(15)22-18(25)12-11-17-23-20(26)19-13-7-3-2-4-10-16(13)28-21(19)24-17/h5-6,8-9H,2-4,7,10-12H2,1H3,(H,22,25)(H,23,24,26). The van der Waals surface area contributed by atoms with Gasteiger partial charge < -0.3 is 15.0 Å². The summed E-state index contributed by atoms with van der Waals surface area (Å²) in [7, 11) is 1.57. The fourth-order valence-corrected chi connectivity index (χ4v) is 4.98. The molecule has 4 rings (SSSR count). The second-order valence-corrected chi connectivity index (χ2v) is 8.09. The lowest BCUT2D eigenvalue weighted by Crippen LogP contribution is -2.16. The number of nitrogens with zero attached hydrogens (tertiary/aromatic N) is 1. The van der Waals surface area contributed by atoms with Crippen molar-refractivity contribution >= 4 is 33.1 Å². The predicted molar refractivity (Wildman–Crippen MR) is 111 cm³/mol. The van der Waals surface area contributed by atoms with Crippen molar-refractivity contribution in [1.29, 1.82) is 0 Å². The van der Waals surface area contributed by atoms with Gasteiger partial charge in [-0.15, -0.1) is 11.3 Å². The monoisotopic (exact) mass is 397 g/mol. The van der Waals surface area contributed by atoms with Crippen LogP contribution in [0.2, 0.25) is 0 Å². The van der Waals surface area contributed by atoms with Crippen molar-refractivity contribution in [2.75, 3.05) is 12.4 Å². The summed E-state index contributed by atoms with van der Waals surface area (Å²) in [5, 5.41) is 3.60. The third-order valence-corrected chi connectivity index (χ3v) is 6.28. The Morgan fingerprint density at radius 1 is 1.25 bits per heavy atom. The molecule has 0 atom stereocenters. The Balaban J connectivity index is 1.49. The number of rotatable bonds is 5. The lowest BCUT2D eigenvalue weighted by Gasteiger charge is -2.09. The predicted octanol–water partition coefficient (Wildman–Crippen LogP) is 3.83. The molecule has 0 saturated heterocycles. The summed E-state index contributed by atoms with van der Waals surface area (Å²) >= 11 is 1.64. The number of amides is 1. The third kappa shape index (κ3) is 3.80. The molecule has 0 aliphatic heterocycles. The van der Waals surface area contributed by atoms with Gasteiger partial charge in [0.1, 0.15) is 16.4 Å². The maximum Gasteiger partial charge on any atom is 0.259 e. The van der Waals surface area contributed by atoms with Crippen molar-refractivity contribution in [1.82, 2.24) is 9.97 Å². The van der Waals surface area contributed by atoms with E-state index in [0.717, 1.165) is 29.5 Å². The number of carbonyl (C=O) groups excluding carboxylic acids is 1. The molecule has 0 saturated carbocycles. The van der Waals surface area contributed by atoms with Crippen LogP contribution in [-0.2, 0) is 24.1 Å². The number of H-pyrrole nitrogens is 1. The second-order valence-electron chi connectivity index (χ2n) is 7.01. The van der Waals surface area contributed by atoms with Crippen LogP contribution < -0.4 is 15.6 Å². The summed E-state index contributed by atoms with van der Waals surface area (Å²) in [6, 6.07) is 7.28. The number of thiophene rings is 1. The van der Waals surface area contributed by atoms with Crippen LogP contribution in [0.4, 0.5) is 5.69 Å². The molecule has 146 valence electrons. The van der Waals surface area contributed by atoms with E-state index in [9.17, 15) is 9.59 Å². The Kier molecular flexibility index (Phi) is 5.43. The zero-order valence-electron chi connectivity index (χ0n) is 15.8. The SMILES string of the molecule is COc1ccccc1NC(=O)CCc1nc2sc3c(c2c(=O)[nH]1)CCCCC3. The van der Waals surface area contributed by atoms with Gasteiger partial charge in [-0.1, -0.05) is 18.6 Å². The molecule has 0 unspecified atom stereocenters. The second kappa shape index (κ2) is 8.14. The molecule has 7 heteroatoms. The van der Waals surface area contributed by atoms with Gasteiger partial charge in [0, 0.05) is 17.7 Å². The van der Waals surface area contributed by atoms with Crippen molar-refractivity contribution in [3.05, 3.63) is 50.9 Å². The molecular weight excluding hydrogens is 374 g/mol. The van der Waals surface area contributed by atoms with E-state index in [-0.39, 0.29) is 17.9 Å². The van der Waals surface area contributed by atoms with Crippen LogP contribution in [0.5, 0.6) is 5.75 Å². The number of aromatic nitrogens is 2. The van der Waals surface area contributed by atoms with Crippen LogP contribution in [0.1, 0.15) is 41.9 Å². The van der Waals surface area contributed by atoms with E-state index in [4.69, 9.17) is 4.74 Å². The average Bonchev–Trinajstić information content (AvgIpc) is 2.89.